The van der Waals surface area contributed by atoms with Gasteiger partial charge in [0.25, 0.3) is 0 Å². The van der Waals surface area contributed by atoms with Gasteiger partial charge >= 0.3 is 11.9 Å². The topological polar surface area (TPSA) is 100 Å². The Morgan fingerprint density at radius 2 is 1.60 bits per heavy atom. The molecule has 0 aliphatic carbocycles. The molecule has 0 spiro atoms. The Kier molecular flexibility index (Phi) is 5.90. The molecule has 1 saturated heterocycles. The minimum Gasteiger partial charge on any atom is -0.456 e. The van der Waals surface area contributed by atoms with Crippen molar-refractivity contribution in [3.8, 4) is 0 Å². The molecule has 0 radical (unpaired) electrons. The second kappa shape index (κ2) is 7.20. The van der Waals surface area contributed by atoms with E-state index in [9.17, 15) is 14.4 Å². The van der Waals surface area contributed by atoms with Gasteiger partial charge in [-0.25, -0.2) is 0 Å². The summed E-state index contributed by atoms with van der Waals surface area (Å²) >= 11 is 0. The Bertz CT molecular complexity index is 384. The van der Waals surface area contributed by atoms with E-state index in [1.54, 1.807) is 0 Å². The van der Waals surface area contributed by atoms with Crippen LogP contribution in [0.15, 0.2) is 0 Å². The third-order valence-electron chi connectivity index (χ3n) is 2.65. The summed E-state index contributed by atoms with van der Waals surface area (Å²) in [5.74, 6) is -1.44. The molecule has 114 valence electrons. The van der Waals surface area contributed by atoms with E-state index in [1.807, 2.05) is 0 Å². The smallest absolute Gasteiger partial charge is 0.303 e. The zero-order valence-corrected chi connectivity index (χ0v) is 11.9. The molecular formula is C12H19NO7. The van der Waals surface area contributed by atoms with E-state index >= 15 is 0 Å². The molecule has 1 heterocycles. The summed E-state index contributed by atoms with van der Waals surface area (Å²) in [6.07, 6.45) is -2.70. The molecule has 1 fully saturated rings. The molecule has 1 amide bonds. The summed E-state index contributed by atoms with van der Waals surface area (Å²) in [5, 5.41) is 2.60. The fourth-order valence-electron chi connectivity index (χ4n) is 2.01. The molecule has 0 unspecified atom stereocenters. The van der Waals surface area contributed by atoms with Crippen LogP contribution in [0.5, 0.6) is 0 Å². The lowest BCUT2D eigenvalue weighted by atomic mass is 10.0. The van der Waals surface area contributed by atoms with Crippen molar-refractivity contribution in [2.75, 3.05) is 13.7 Å². The fraction of sp³-hybridized carbons (Fsp3) is 0.750. The molecule has 1 aliphatic heterocycles. The van der Waals surface area contributed by atoms with Gasteiger partial charge in [0.05, 0.1) is 12.6 Å². The number of hydrogen-bond acceptors (Lipinski definition) is 7. The van der Waals surface area contributed by atoms with Crippen molar-refractivity contribution in [2.45, 2.75) is 45.3 Å². The van der Waals surface area contributed by atoms with E-state index < -0.39 is 36.5 Å². The molecule has 0 aromatic carbocycles. The molecule has 0 saturated carbocycles. The second-order valence-electron chi connectivity index (χ2n) is 4.39. The number of ether oxygens (including phenoxy) is 4. The van der Waals surface area contributed by atoms with Gasteiger partial charge in [0, 0.05) is 27.9 Å². The van der Waals surface area contributed by atoms with Crippen LogP contribution in [-0.2, 0) is 33.3 Å². The third kappa shape index (κ3) is 4.46. The van der Waals surface area contributed by atoms with Crippen LogP contribution in [-0.4, -0.2) is 56.1 Å². The number of rotatable bonds is 4. The molecule has 8 heteroatoms. The summed E-state index contributed by atoms with van der Waals surface area (Å²) < 4.78 is 20.7. The number of methoxy groups -OCH3 is 1. The molecule has 4 atom stereocenters. The monoisotopic (exact) mass is 289 g/mol. The molecule has 1 rings (SSSR count). The maximum atomic E-state index is 11.2. The van der Waals surface area contributed by atoms with Gasteiger partial charge < -0.3 is 24.3 Å². The molecule has 20 heavy (non-hydrogen) atoms. The summed E-state index contributed by atoms with van der Waals surface area (Å²) in [6, 6.07) is -0.618. The first-order valence-electron chi connectivity index (χ1n) is 6.11. The molecule has 8 nitrogen and oxygen atoms in total. The maximum Gasteiger partial charge on any atom is 0.303 e. The predicted molar refractivity (Wildman–Crippen MR) is 65.5 cm³/mol. The van der Waals surface area contributed by atoms with E-state index in [1.165, 1.54) is 27.9 Å². The van der Waals surface area contributed by atoms with Gasteiger partial charge in [-0.2, -0.15) is 0 Å². The SMILES string of the molecule is CO[C@H]1OC[C@@H](NC(C)=O)[C@@H](OC(C)=O)[C@H]1OC(C)=O. The normalized spacial score (nSPS) is 29.4. The van der Waals surface area contributed by atoms with Crippen LogP contribution in [0.4, 0.5) is 0 Å². The van der Waals surface area contributed by atoms with Crippen LogP contribution in [0.1, 0.15) is 20.8 Å². The van der Waals surface area contributed by atoms with Crippen molar-refractivity contribution in [3.63, 3.8) is 0 Å². The van der Waals surface area contributed by atoms with E-state index in [4.69, 9.17) is 18.9 Å². The Morgan fingerprint density at radius 1 is 1.05 bits per heavy atom. The summed E-state index contributed by atoms with van der Waals surface area (Å²) in [5.41, 5.74) is 0. The van der Waals surface area contributed by atoms with Gasteiger partial charge in [-0.15, -0.1) is 0 Å². The van der Waals surface area contributed by atoms with Crippen LogP contribution in [0.2, 0.25) is 0 Å². The Hall–Kier alpha value is -1.67. The quantitative estimate of drug-likeness (QED) is 0.687. The lowest BCUT2D eigenvalue weighted by molar-refractivity contribution is -0.254. The number of hydrogen-bond donors (Lipinski definition) is 1. The largest absolute Gasteiger partial charge is 0.456 e. The maximum absolute atomic E-state index is 11.2. The van der Waals surface area contributed by atoms with Gasteiger partial charge in [-0.05, 0) is 0 Å². The Labute approximate surface area is 116 Å². The Balaban J connectivity index is 2.95. The number of esters is 2. The van der Waals surface area contributed by atoms with Gasteiger partial charge in [-0.3, -0.25) is 14.4 Å². The highest BCUT2D eigenvalue weighted by Gasteiger charge is 2.45. The summed E-state index contributed by atoms with van der Waals surface area (Å²) in [6.45, 7) is 3.86. The lowest BCUT2D eigenvalue weighted by Crippen LogP contribution is -2.61. The summed E-state index contributed by atoms with van der Waals surface area (Å²) in [4.78, 5) is 33.6. The number of carbonyl (C=O) groups is 3. The number of amides is 1. The number of carbonyl (C=O) groups excluding carboxylic acids is 3. The van der Waals surface area contributed by atoms with Crippen molar-refractivity contribution < 1.29 is 33.3 Å². The fourth-order valence-corrected chi connectivity index (χ4v) is 2.01. The van der Waals surface area contributed by atoms with Crippen LogP contribution in [0.3, 0.4) is 0 Å². The zero-order valence-electron chi connectivity index (χ0n) is 11.9. The summed E-state index contributed by atoms with van der Waals surface area (Å²) in [7, 11) is 1.38. The van der Waals surface area contributed by atoms with Crippen molar-refractivity contribution >= 4 is 17.8 Å². The van der Waals surface area contributed by atoms with E-state index in [2.05, 4.69) is 5.32 Å². The first-order valence-corrected chi connectivity index (χ1v) is 6.11. The van der Waals surface area contributed by atoms with E-state index in [0.29, 0.717) is 0 Å². The van der Waals surface area contributed by atoms with Gasteiger partial charge in [0.15, 0.2) is 18.5 Å². The molecule has 0 aromatic heterocycles. The molecule has 0 bridgehead atoms. The van der Waals surface area contributed by atoms with Gasteiger partial charge in [0.2, 0.25) is 5.91 Å². The highest BCUT2D eigenvalue weighted by atomic mass is 16.7. The Morgan fingerprint density at radius 3 is 2.05 bits per heavy atom. The average molecular weight is 289 g/mol. The van der Waals surface area contributed by atoms with Gasteiger partial charge in [0.1, 0.15) is 0 Å². The molecule has 0 aromatic rings. The van der Waals surface area contributed by atoms with Crippen molar-refractivity contribution in [3.05, 3.63) is 0 Å². The second-order valence-corrected chi connectivity index (χ2v) is 4.39. The van der Waals surface area contributed by atoms with Crippen molar-refractivity contribution in [2.24, 2.45) is 0 Å². The molecule has 1 N–H and O–H groups in total. The third-order valence-corrected chi connectivity index (χ3v) is 2.65. The minimum absolute atomic E-state index is 0.0772. The first kappa shape index (κ1) is 16.4. The van der Waals surface area contributed by atoms with E-state index in [0.717, 1.165) is 0 Å². The minimum atomic E-state index is -0.952. The highest BCUT2D eigenvalue weighted by Crippen LogP contribution is 2.22. The predicted octanol–water partition coefficient (Wildman–Crippen LogP) is -0.643. The van der Waals surface area contributed by atoms with E-state index in [-0.39, 0.29) is 12.5 Å². The number of nitrogens with one attached hydrogen (secondary N) is 1. The molecule has 1 aliphatic rings. The van der Waals surface area contributed by atoms with Crippen LogP contribution >= 0.6 is 0 Å². The van der Waals surface area contributed by atoms with Crippen LogP contribution in [0.25, 0.3) is 0 Å². The average Bonchev–Trinajstić information content (AvgIpc) is 2.31. The van der Waals surface area contributed by atoms with Crippen molar-refractivity contribution in [1.82, 2.24) is 5.32 Å². The molecular weight excluding hydrogens is 270 g/mol. The van der Waals surface area contributed by atoms with Crippen LogP contribution in [0, 0.1) is 0 Å². The van der Waals surface area contributed by atoms with Crippen LogP contribution < -0.4 is 5.32 Å². The van der Waals surface area contributed by atoms with Crippen molar-refractivity contribution in [1.29, 1.82) is 0 Å². The highest BCUT2D eigenvalue weighted by molar-refractivity contribution is 5.73. The first-order chi connectivity index (χ1) is 9.35. The van der Waals surface area contributed by atoms with Gasteiger partial charge in [-0.1, -0.05) is 0 Å². The lowest BCUT2D eigenvalue weighted by Gasteiger charge is -2.40. The standard InChI is InChI=1S/C12H19NO7/c1-6(14)13-9-5-18-12(17-4)11(20-8(3)16)10(9)19-7(2)15/h9-12H,5H2,1-4H3,(H,13,14)/t9-,10-,11-,12+/m1/s1. The zero-order chi connectivity index (χ0) is 15.3.